The number of hydrogen-bond acceptors (Lipinski definition) is 3. The number of rotatable bonds is 4. The molecule has 0 amide bonds. The van der Waals surface area contributed by atoms with Gasteiger partial charge in [-0.25, -0.2) is 0 Å². The van der Waals surface area contributed by atoms with Crippen LogP contribution in [0.4, 0.5) is 0 Å². The summed E-state index contributed by atoms with van der Waals surface area (Å²) in [5, 5.41) is 2.81. The summed E-state index contributed by atoms with van der Waals surface area (Å²) in [7, 11) is 3.27. The molecule has 2 aromatic carbocycles. The molecule has 0 radical (unpaired) electrons. The lowest BCUT2D eigenvalue weighted by Crippen LogP contribution is -1.94. The van der Waals surface area contributed by atoms with E-state index in [2.05, 4.69) is 4.98 Å². The molecule has 0 saturated carbocycles. The molecular weight excluding hydrogens is 322 g/mol. The molecule has 0 bridgehead atoms. The summed E-state index contributed by atoms with van der Waals surface area (Å²) in [6, 6.07) is 13.7. The standard InChI is InChI=1S/C20H18ClNO2/c1-13-10-15-11-19(23-2)20(24-3)12-17(15)18(22-13)9-6-14-4-7-16(21)8-5-14/h4-12H,1-3H3/b9-6+. The Balaban J connectivity index is 2.10. The van der Waals surface area contributed by atoms with Crippen LogP contribution < -0.4 is 9.47 Å². The van der Waals surface area contributed by atoms with Crippen LogP contribution in [0.25, 0.3) is 22.9 Å². The zero-order valence-electron chi connectivity index (χ0n) is 13.8. The Morgan fingerprint density at radius 2 is 1.58 bits per heavy atom. The maximum Gasteiger partial charge on any atom is 0.161 e. The van der Waals surface area contributed by atoms with Crippen molar-refractivity contribution in [2.45, 2.75) is 6.92 Å². The first kappa shape index (κ1) is 16.3. The summed E-state index contributed by atoms with van der Waals surface area (Å²) in [5.41, 5.74) is 2.91. The quantitative estimate of drug-likeness (QED) is 0.639. The van der Waals surface area contributed by atoms with E-state index in [1.807, 2.05) is 61.5 Å². The normalized spacial score (nSPS) is 11.2. The fourth-order valence-corrected chi connectivity index (χ4v) is 2.75. The molecule has 0 unspecified atom stereocenters. The van der Waals surface area contributed by atoms with Crippen LogP contribution in [0.15, 0.2) is 42.5 Å². The van der Waals surface area contributed by atoms with Crippen molar-refractivity contribution in [1.82, 2.24) is 4.98 Å². The van der Waals surface area contributed by atoms with Gasteiger partial charge in [-0.1, -0.05) is 29.8 Å². The average Bonchev–Trinajstić information content (AvgIpc) is 2.59. The molecule has 3 rings (SSSR count). The zero-order valence-corrected chi connectivity index (χ0v) is 14.6. The van der Waals surface area contributed by atoms with Crippen molar-refractivity contribution in [3.05, 3.63) is 64.4 Å². The summed E-state index contributed by atoms with van der Waals surface area (Å²) in [6.07, 6.45) is 4.03. The van der Waals surface area contributed by atoms with Crippen LogP contribution in [0.5, 0.6) is 11.5 Å². The summed E-state index contributed by atoms with van der Waals surface area (Å²) in [4.78, 5) is 4.66. The highest BCUT2D eigenvalue weighted by Crippen LogP contribution is 2.34. The molecular formula is C20H18ClNO2. The third-order valence-corrected chi connectivity index (χ3v) is 4.05. The molecule has 3 nitrogen and oxygen atoms in total. The second-order valence-corrected chi connectivity index (χ2v) is 5.90. The Morgan fingerprint density at radius 3 is 2.25 bits per heavy atom. The SMILES string of the molecule is COc1cc2cc(C)nc(/C=C/c3ccc(Cl)cc3)c2cc1OC. The van der Waals surface area contributed by atoms with Crippen LogP contribution in [0.1, 0.15) is 17.0 Å². The first-order valence-electron chi connectivity index (χ1n) is 7.58. The van der Waals surface area contributed by atoms with Gasteiger partial charge >= 0.3 is 0 Å². The molecule has 0 spiro atoms. The Labute approximate surface area is 146 Å². The van der Waals surface area contributed by atoms with Gasteiger partial charge in [0.2, 0.25) is 0 Å². The van der Waals surface area contributed by atoms with Crippen molar-refractivity contribution in [3.8, 4) is 11.5 Å². The van der Waals surface area contributed by atoms with Crippen LogP contribution in [0.3, 0.4) is 0 Å². The highest BCUT2D eigenvalue weighted by Gasteiger charge is 2.09. The lowest BCUT2D eigenvalue weighted by Gasteiger charge is -2.11. The van der Waals surface area contributed by atoms with E-state index in [9.17, 15) is 0 Å². The summed E-state index contributed by atoms with van der Waals surface area (Å²) in [6.45, 7) is 1.98. The van der Waals surface area contributed by atoms with Crippen molar-refractivity contribution in [2.24, 2.45) is 0 Å². The number of aryl methyl sites for hydroxylation is 1. The van der Waals surface area contributed by atoms with Crippen molar-refractivity contribution >= 4 is 34.5 Å². The minimum Gasteiger partial charge on any atom is -0.493 e. The van der Waals surface area contributed by atoms with E-state index in [0.717, 1.165) is 32.7 Å². The number of methoxy groups -OCH3 is 2. The van der Waals surface area contributed by atoms with E-state index in [0.29, 0.717) is 11.5 Å². The van der Waals surface area contributed by atoms with Gasteiger partial charge in [-0.3, -0.25) is 4.98 Å². The first-order valence-corrected chi connectivity index (χ1v) is 7.95. The van der Waals surface area contributed by atoms with Crippen molar-refractivity contribution < 1.29 is 9.47 Å². The fourth-order valence-electron chi connectivity index (χ4n) is 2.62. The average molecular weight is 340 g/mol. The van der Waals surface area contributed by atoms with E-state index in [4.69, 9.17) is 21.1 Å². The van der Waals surface area contributed by atoms with Crippen LogP contribution in [0.2, 0.25) is 5.02 Å². The van der Waals surface area contributed by atoms with Gasteiger partial charge in [-0.05, 0) is 54.3 Å². The van der Waals surface area contributed by atoms with Gasteiger partial charge in [-0.15, -0.1) is 0 Å². The monoisotopic (exact) mass is 339 g/mol. The van der Waals surface area contributed by atoms with E-state index in [1.165, 1.54) is 0 Å². The molecule has 0 saturated heterocycles. The van der Waals surface area contributed by atoms with Gasteiger partial charge in [0.15, 0.2) is 11.5 Å². The van der Waals surface area contributed by atoms with Crippen molar-refractivity contribution in [1.29, 1.82) is 0 Å². The van der Waals surface area contributed by atoms with Crippen LogP contribution in [-0.2, 0) is 0 Å². The lowest BCUT2D eigenvalue weighted by molar-refractivity contribution is 0.356. The second-order valence-electron chi connectivity index (χ2n) is 5.46. The van der Waals surface area contributed by atoms with Gasteiger partial charge in [0.05, 0.1) is 19.9 Å². The number of pyridine rings is 1. The van der Waals surface area contributed by atoms with Crippen molar-refractivity contribution in [3.63, 3.8) is 0 Å². The van der Waals surface area contributed by atoms with Gasteiger partial charge in [0.1, 0.15) is 0 Å². The number of nitrogens with zero attached hydrogens (tertiary/aromatic N) is 1. The summed E-state index contributed by atoms with van der Waals surface area (Å²) >= 11 is 5.93. The number of aromatic nitrogens is 1. The third-order valence-electron chi connectivity index (χ3n) is 3.80. The molecule has 0 N–H and O–H groups in total. The van der Waals surface area contributed by atoms with Crippen LogP contribution in [-0.4, -0.2) is 19.2 Å². The van der Waals surface area contributed by atoms with Crippen LogP contribution in [0, 0.1) is 6.92 Å². The topological polar surface area (TPSA) is 31.4 Å². The second kappa shape index (κ2) is 6.93. The van der Waals surface area contributed by atoms with Gasteiger partial charge in [-0.2, -0.15) is 0 Å². The summed E-state index contributed by atoms with van der Waals surface area (Å²) < 4.78 is 10.8. The largest absolute Gasteiger partial charge is 0.493 e. The Bertz CT molecular complexity index is 902. The van der Waals surface area contributed by atoms with E-state index < -0.39 is 0 Å². The van der Waals surface area contributed by atoms with Gasteiger partial charge in [0.25, 0.3) is 0 Å². The number of benzene rings is 2. The number of hydrogen-bond donors (Lipinski definition) is 0. The van der Waals surface area contributed by atoms with Crippen LogP contribution >= 0.6 is 11.6 Å². The molecule has 0 atom stereocenters. The Hall–Kier alpha value is -2.52. The number of halogens is 1. The predicted molar refractivity (Wildman–Crippen MR) is 100.0 cm³/mol. The molecule has 24 heavy (non-hydrogen) atoms. The highest BCUT2D eigenvalue weighted by molar-refractivity contribution is 6.30. The Morgan fingerprint density at radius 1 is 0.917 bits per heavy atom. The number of ether oxygens (including phenoxy) is 2. The molecule has 0 aliphatic rings. The minimum atomic E-state index is 0.691. The fraction of sp³-hybridized carbons (Fsp3) is 0.150. The smallest absolute Gasteiger partial charge is 0.161 e. The predicted octanol–water partition coefficient (Wildman–Crippen LogP) is 5.38. The molecule has 0 aliphatic carbocycles. The minimum absolute atomic E-state index is 0.691. The maximum absolute atomic E-state index is 5.93. The first-order chi connectivity index (χ1) is 11.6. The molecule has 3 aromatic rings. The van der Waals surface area contributed by atoms with E-state index in [1.54, 1.807) is 14.2 Å². The zero-order chi connectivity index (χ0) is 17.1. The molecule has 0 fully saturated rings. The van der Waals surface area contributed by atoms with E-state index >= 15 is 0 Å². The molecule has 1 heterocycles. The summed E-state index contributed by atoms with van der Waals surface area (Å²) in [5.74, 6) is 1.40. The van der Waals surface area contributed by atoms with Crippen molar-refractivity contribution in [2.75, 3.05) is 14.2 Å². The number of fused-ring (bicyclic) bond motifs is 1. The lowest BCUT2D eigenvalue weighted by atomic mass is 10.1. The molecule has 0 aliphatic heterocycles. The third kappa shape index (κ3) is 3.36. The molecule has 4 heteroatoms. The highest BCUT2D eigenvalue weighted by atomic mass is 35.5. The van der Waals surface area contributed by atoms with Gasteiger partial charge in [0, 0.05) is 16.1 Å². The Kier molecular flexibility index (Phi) is 4.72. The molecule has 1 aromatic heterocycles. The van der Waals surface area contributed by atoms with E-state index in [-0.39, 0.29) is 0 Å². The molecule has 122 valence electrons. The maximum atomic E-state index is 5.93. The van der Waals surface area contributed by atoms with Gasteiger partial charge < -0.3 is 9.47 Å².